The summed E-state index contributed by atoms with van der Waals surface area (Å²) in [5.74, 6) is -2.77. The van der Waals surface area contributed by atoms with Gasteiger partial charge < -0.3 is 20.1 Å². The molecule has 1 aromatic heterocycles. The van der Waals surface area contributed by atoms with Gasteiger partial charge in [0.05, 0.1) is 47.6 Å². The number of methoxy groups -OCH3 is 1. The molecule has 2 aliphatic rings. The second-order valence-corrected chi connectivity index (χ2v) is 11.0. The van der Waals surface area contributed by atoms with Crippen molar-refractivity contribution in [1.29, 1.82) is 0 Å². The zero-order chi connectivity index (χ0) is 29.8. The van der Waals surface area contributed by atoms with Crippen LogP contribution in [0.4, 0.5) is 5.69 Å². The first kappa shape index (κ1) is 29.7. The number of fused-ring (bicyclic) bond motifs is 1. The molecule has 5 rings (SSSR count). The molecule has 1 aliphatic carbocycles. The normalized spacial score (nSPS) is 21.6. The number of para-hydroxylation sites is 1. The van der Waals surface area contributed by atoms with E-state index >= 15 is 0 Å². The van der Waals surface area contributed by atoms with Gasteiger partial charge in [-0.2, -0.15) is 0 Å². The third-order valence-corrected chi connectivity index (χ3v) is 8.39. The fraction of sp³-hybridized carbons (Fsp3) is 0.303. The average molecular weight is 589 g/mol. The number of anilines is 1. The number of aromatic hydroxyl groups is 1. The summed E-state index contributed by atoms with van der Waals surface area (Å²) in [4.78, 5) is 32.9. The van der Waals surface area contributed by atoms with Crippen LogP contribution in [0.25, 0.3) is 11.6 Å². The van der Waals surface area contributed by atoms with Crippen molar-refractivity contribution in [3.05, 3.63) is 100 Å². The molecular formula is C33H33ClN2O6. The van der Waals surface area contributed by atoms with Gasteiger partial charge in [-0.3, -0.25) is 19.5 Å². The first-order chi connectivity index (χ1) is 20.3. The van der Waals surface area contributed by atoms with Crippen LogP contribution >= 0.6 is 11.6 Å². The second-order valence-electron chi connectivity index (χ2n) is 10.6. The minimum Gasteiger partial charge on any atom is -0.508 e. The maximum atomic E-state index is 13.7. The van der Waals surface area contributed by atoms with Crippen LogP contribution in [-0.2, 0) is 14.3 Å². The van der Waals surface area contributed by atoms with E-state index in [-0.39, 0.29) is 37.0 Å². The molecule has 42 heavy (non-hydrogen) atoms. The Balaban J connectivity index is 1.45. The van der Waals surface area contributed by atoms with E-state index in [1.165, 1.54) is 18.1 Å². The zero-order valence-electron chi connectivity index (χ0n) is 23.2. The van der Waals surface area contributed by atoms with Gasteiger partial charge in [0.2, 0.25) is 11.8 Å². The number of halogens is 1. The lowest BCUT2D eigenvalue weighted by molar-refractivity contribution is -0.123. The molecule has 9 heteroatoms. The summed E-state index contributed by atoms with van der Waals surface area (Å²) in [7, 11) is 1.54. The number of aliphatic hydroxyl groups is 2. The van der Waals surface area contributed by atoms with Crippen LogP contribution in [-0.4, -0.2) is 58.5 Å². The average Bonchev–Trinajstić information content (AvgIpc) is 3.25. The number of hydrogen-bond acceptors (Lipinski definition) is 7. The zero-order valence-corrected chi connectivity index (χ0v) is 23.9. The number of carbonyl (C=O) groups is 2. The third kappa shape index (κ3) is 5.89. The van der Waals surface area contributed by atoms with Gasteiger partial charge in [-0.1, -0.05) is 35.9 Å². The first-order valence-corrected chi connectivity index (χ1v) is 14.2. The van der Waals surface area contributed by atoms with Crippen LogP contribution < -0.4 is 4.90 Å². The van der Waals surface area contributed by atoms with Crippen molar-refractivity contribution in [3.63, 3.8) is 0 Å². The Kier molecular flexibility index (Phi) is 9.18. The summed E-state index contributed by atoms with van der Waals surface area (Å²) in [6, 6.07) is 19.0. The highest BCUT2D eigenvalue weighted by atomic mass is 35.5. The van der Waals surface area contributed by atoms with E-state index in [0.717, 1.165) is 11.1 Å². The molecule has 218 valence electrons. The quantitative estimate of drug-likeness (QED) is 0.228. The van der Waals surface area contributed by atoms with Gasteiger partial charge in [0, 0.05) is 19.2 Å². The fourth-order valence-corrected chi connectivity index (χ4v) is 6.42. The molecular weight excluding hydrogens is 556 g/mol. The van der Waals surface area contributed by atoms with E-state index in [1.54, 1.807) is 42.6 Å². The van der Waals surface area contributed by atoms with E-state index in [1.807, 2.05) is 30.3 Å². The minimum atomic E-state index is -1.01. The smallest absolute Gasteiger partial charge is 0.238 e. The van der Waals surface area contributed by atoms with Gasteiger partial charge in [-0.05, 0) is 90.1 Å². The largest absolute Gasteiger partial charge is 0.508 e. The van der Waals surface area contributed by atoms with Crippen molar-refractivity contribution in [3.8, 4) is 5.75 Å². The molecule has 0 spiro atoms. The van der Waals surface area contributed by atoms with Gasteiger partial charge in [0.15, 0.2) is 0 Å². The molecule has 2 amide bonds. The molecule has 0 unspecified atom stereocenters. The number of phenols is 1. The molecule has 1 fully saturated rings. The lowest BCUT2D eigenvalue weighted by Crippen LogP contribution is -2.39. The number of amides is 2. The Morgan fingerprint density at radius 3 is 2.55 bits per heavy atom. The van der Waals surface area contributed by atoms with Crippen LogP contribution in [0.2, 0.25) is 5.02 Å². The van der Waals surface area contributed by atoms with Crippen molar-refractivity contribution in [2.45, 2.75) is 25.4 Å². The second kappa shape index (κ2) is 13.0. The van der Waals surface area contributed by atoms with Crippen LogP contribution in [0.1, 0.15) is 30.5 Å². The number of aromatic nitrogens is 1. The number of carbonyl (C=O) groups excluding carboxylic acids is 2. The highest BCUT2D eigenvalue weighted by molar-refractivity contribution is 6.32. The maximum absolute atomic E-state index is 13.7. The van der Waals surface area contributed by atoms with Gasteiger partial charge >= 0.3 is 0 Å². The lowest BCUT2D eigenvalue weighted by atomic mass is 9.68. The molecule has 8 nitrogen and oxygen atoms in total. The molecule has 2 heterocycles. The number of phenolic OH excluding ortho intramolecular Hbond substituents is 1. The minimum absolute atomic E-state index is 0.0565. The van der Waals surface area contributed by atoms with Gasteiger partial charge in [0.25, 0.3) is 0 Å². The van der Waals surface area contributed by atoms with Crippen LogP contribution in [0, 0.1) is 17.8 Å². The molecule has 4 atom stereocenters. The number of imide groups is 1. The van der Waals surface area contributed by atoms with E-state index < -0.39 is 30.5 Å². The van der Waals surface area contributed by atoms with E-state index in [9.17, 15) is 24.9 Å². The summed E-state index contributed by atoms with van der Waals surface area (Å²) in [5.41, 5.74) is 3.98. The highest BCUT2D eigenvalue weighted by Crippen LogP contribution is 2.47. The molecule has 0 bridgehead atoms. The van der Waals surface area contributed by atoms with E-state index in [4.69, 9.17) is 16.3 Å². The Morgan fingerprint density at radius 1 is 1.12 bits per heavy atom. The summed E-state index contributed by atoms with van der Waals surface area (Å²) in [6.45, 7) is -0.223. The van der Waals surface area contributed by atoms with Gasteiger partial charge in [-0.25, -0.2) is 0 Å². The van der Waals surface area contributed by atoms with E-state index in [2.05, 4.69) is 4.98 Å². The lowest BCUT2D eigenvalue weighted by Gasteiger charge is -2.36. The summed E-state index contributed by atoms with van der Waals surface area (Å²) >= 11 is 6.38. The standard InChI is InChI=1S/C33H33ClN2O6/c1-42-19-22-16-25-31(33(41)36(32(25)40)23-7-3-2-4-8-23)26(18-37)30(22)29(39)13-11-21(28-9-5-6-14-35-28)15-20-10-12-24(38)17-27(20)34/h2-10,12,14-15,17,25-26,29,31,37-39H,11,13,16,18-19H2,1H3/b21-15-/t25-,26+,29-,31-/m1/s1. The first-order valence-electron chi connectivity index (χ1n) is 13.9. The fourth-order valence-electron chi connectivity index (χ4n) is 6.19. The van der Waals surface area contributed by atoms with Gasteiger partial charge in [-0.15, -0.1) is 0 Å². The number of allylic oxidation sites excluding steroid dienone is 1. The van der Waals surface area contributed by atoms with E-state index in [0.29, 0.717) is 34.0 Å². The van der Waals surface area contributed by atoms with Crippen LogP contribution in [0.5, 0.6) is 5.75 Å². The predicted molar refractivity (Wildman–Crippen MR) is 160 cm³/mol. The number of nitrogens with zero attached hydrogens (tertiary/aromatic N) is 2. The Hall–Kier alpha value is -3.82. The monoisotopic (exact) mass is 588 g/mol. The number of hydrogen-bond donors (Lipinski definition) is 3. The third-order valence-electron chi connectivity index (χ3n) is 8.07. The molecule has 2 aromatic carbocycles. The summed E-state index contributed by atoms with van der Waals surface area (Å²) < 4.78 is 5.46. The molecule has 1 aliphatic heterocycles. The molecule has 0 radical (unpaired) electrons. The summed E-state index contributed by atoms with van der Waals surface area (Å²) in [5, 5.41) is 32.4. The molecule has 0 saturated carbocycles. The maximum Gasteiger partial charge on any atom is 0.238 e. The number of aliphatic hydroxyl groups excluding tert-OH is 2. The van der Waals surface area contributed by atoms with Crippen LogP contribution in [0.3, 0.4) is 0 Å². The van der Waals surface area contributed by atoms with Crippen molar-refractivity contribution < 1.29 is 29.6 Å². The molecule has 3 aromatic rings. The number of pyridine rings is 1. The van der Waals surface area contributed by atoms with Crippen molar-refractivity contribution in [2.24, 2.45) is 17.8 Å². The highest BCUT2D eigenvalue weighted by Gasteiger charge is 2.55. The van der Waals surface area contributed by atoms with Crippen molar-refractivity contribution in [2.75, 3.05) is 25.2 Å². The Morgan fingerprint density at radius 2 is 1.88 bits per heavy atom. The molecule has 3 N–H and O–H groups in total. The number of benzene rings is 2. The van der Waals surface area contributed by atoms with Crippen molar-refractivity contribution in [1.82, 2.24) is 4.98 Å². The number of ether oxygens (including phenoxy) is 1. The number of rotatable bonds is 10. The Labute approximate surface area is 249 Å². The summed E-state index contributed by atoms with van der Waals surface area (Å²) in [6.07, 6.45) is 3.47. The predicted octanol–water partition coefficient (Wildman–Crippen LogP) is 4.88. The van der Waals surface area contributed by atoms with Crippen LogP contribution in [0.15, 0.2) is 84.1 Å². The van der Waals surface area contributed by atoms with Crippen molar-refractivity contribution >= 4 is 40.8 Å². The van der Waals surface area contributed by atoms with Gasteiger partial charge in [0.1, 0.15) is 5.75 Å². The molecule has 1 saturated heterocycles. The topological polar surface area (TPSA) is 120 Å². The SMILES string of the molecule is COCC1=C([C@H](O)CC/C(=C/c2ccc(O)cc2Cl)c2ccccn2)[C@H](CO)[C@@H]2C(=O)N(c3ccccc3)C(=O)[C@@H]2C1. The Bertz CT molecular complexity index is 1510.